The predicted octanol–water partition coefficient (Wildman–Crippen LogP) is 9.04. The Labute approximate surface area is 174 Å². The molecule has 0 nitrogen and oxygen atoms in total. The maximum absolute atomic E-state index is 3.80. The lowest BCUT2D eigenvalue weighted by molar-refractivity contribution is 1.69. The zero-order valence-corrected chi connectivity index (χ0v) is 18.4. The molecule has 25 heavy (non-hydrogen) atoms. The van der Waals surface area contributed by atoms with Crippen LogP contribution in [0.2, 0.25) is 0 Å². The van der Waals surface area contributed by atoms with Gasteiger partial charge in [-0.3, -0.25) is 0 Å². The highest BCUT2D eigenvalue weighted by molar-refractivity contribution is 9.11. The van der Waals surface area contributed by atoms with Gasteiger partial charge in [0, 0.05) is 11.1 Å². The van der Waals surface area contributed by atoms with Gasteiger partial charge in [-0.1, -0.05) is 60.7 Å². The van der Waals surface area contributed by atoms with Gasteiger partial charge in [0.25, 0.3) is 0 Å². The van der Waals surface area contributed by atoms with Gasteiger partial charge in [0.05, 0.1) is 26.4 Å². The molecule has 0 aliphatic carbocycles. The van der Waals surface area contributed by atoms with Crippen LogP contribution in [0, 0.1) is 0 Å². The van der Waals surface area contributed by atoms with E-state index in [1.165, 1.54) is 48.6 Å². The van der Waals surface area contributed by atoms with E-state index >= 15 is 0 Å². The molecule has 0 saturated carbocycles. The molecule has 0 bridgehead atoms. The number of fused-ring (bicyclic) bond motifs is 3. The molecule has 0 aliphatic rings. The molecule has 0 radical (unpaired) electrons. The molecular weight excluding hydrogens is 496 g/mol. The molecular formula is C20H10Br2S3. The Morgan fingerprint density at radius 1 is 0.480 bits per heavy atom. The second-order valence-corrected chi connectivity index (χ2v) is 11.3. The maximum atomic E-state index is 3.80. The summed E-state index contributed by atoms with van der Waals surface area (Å²) in [6.07, 6.45) is 0. The minimum Gasteiger partial charge on any atom is -0.132 e. The fourth-order valence-electron chi connectivity index (χ4n) is 3.07. The Morgan fingerprint density at radius 2 is 0.880 bits per heavy atom. The Balaban J connectivity index is 1.84. The van der Waals surface area contributed by atoms with Crippen molar-refractivity contribution in [2.24, 2.45) is 0 Å². The third-order valence-electron chi connectivity index (χ3n) is 4.18. The first-order chi connectivity index (χ1) is 12.2. The van der Waals surface area contributed by atoms with Gasteiger partial charge in [-0.2, -0.15) is 0 Å². The van der Waals surface area contributed by atoms with Gasteiger partial charge in [-0.25, -0.2) is 0 Å². The van der Waals surface area contributed by atoms with Gasteiger partial charge in [-0.15, -0.1) is 34.0 Å². The lowest BCUT2D eigenvalue weighted by Gasteiger charge is -2.00. The van der Waals surface area contributed by atoms with Crippen molar-refractivity contribution in [2.45, 2.75) is 0 Å². The number of rotatable bonds is 2. The van der Waals surface area contributed by atoms with Crippen LogP contribution in [-0.2, 0) is 0 Å². The van der Waals surface area contributed by atoms with E-state index in [2.05, 4.69) is 92.5 Å². The van der Waals surface area contributed by atoms with Crippen LogP contribution >= 0.6 is 65.9 Å². The van der Waals surface area contributed by atoms with Crippen molar-refractivity contribution < 1.29 is 0 Å². The Morgan fingerprint density at radius 3 is 1.28 bits per heavy atom. The fraction of sp³-hybridized carbons (Fsp3) is 0. The van der Waals surface area contributed by atoms with Crippen LogP contribution in [0.5, 0.6) is 0 Å². The summed E-state index contributed by atoms with van der Waals surface area (Å²) in [5.41, 5.74) is 5.19. The third kappa shape index (κ3) is 2.56. The molecule has 0 saturated heterocycles. The zero-order valence-electron chi connectivity index (χ0n) is 12.8. The molecule has 0 N–H and O–H groups in total. The average molecular weight is 506 g/mol. The molecule has 0 spiro atoms. The minimum atomic E-state index is 1.22. The fourth-order valence-corrected chi connectivity index (χ4v) is 9.19. The number of hydrogen-bond donors (Lipinski definition) is 0. The monoisotopic (exact) mass is 504 g/mol. The van der Waals surface area contributed by atoms with Gasteiger partial charge >= 0.3 is 0 Å². The molecule has 5 aromatic rings. The highest BCUT2D eigenvalue weighted by Gasteiger charge is 2.22. The Kier molecular flexibility index (Phi) is 4.10. The van der Waals surface area contributed by atoms with Crippen molar-refractivity contribution >= 4 is 84.7 Å². The summed E-state index contributed by atoms with van der Waals surface area (Å²) in [5, 5.41) is 0. The first-order valence-corrected chi connectivity index (χ1v) is 11.7. The number of thiophene rings is 3. The second-order valence-electron chi connectivity index (χ2n) is 5.65. The molecule has 122 valence electrons. The minimum absolute atomic E-state index is 1.22. The van der Waals surface area contributed by atoms with Crippen LogP contribution in [0.1, 0.15) is 0 Å². The molecule has 0 unspecified atom stereocenters. The summed E-state index contributed by atoms with van der Waals surface area (Å²) in [6, 6.07) is 21.3. The maximum Gasteiger partial charge on any atom is 0.0798 e. The standard InChI is InChI=1S/C20H10Br2S3/c21-19-13(11-7-3-1-4-8-11)15-17(24-19)18-16(23-15)14(20(22)25-18)12-9-5-2-6-10-12/h1-10H. The van der Waals surface area contributed by atoms with Gasteiger partial charge in [0.15, 0.2) is 0 Å². The van der Waals surface area contributed by atoms with E-state index in [1.807, 2.05) is 34.0 Å². The summed E-state index contributed by atoms with van der Waals surface area (Å²) < 4.78 is 7.97. The lowest BCUT2D eigenvalue weighted by atomic mass is 10.1. The van der Waals surface area contributed by atoms with E-state index in [4.69, 9.17) is 0 Å². The molecule has 5 heteroatoms. The highest BCUT2D eigenvalue weighted by Crippen LogP contribution is 2.55. The van der Waals surface area contributed by atoms with Gasteiger partial charge in [0.1, 0.15) is 0 Å². The van der Waals surface area contributed by atoms with Crippen LogP contribution in [0.3, 0.4) is 0 Å². The Hall–Kier alpha value is -0.980. The molecule has 5 rings (SSSR count). The lowest BCUT2D eigenvalue weighted by Crippen LogP contribution is -1.74. The first kappa shape index (κ1) is 16.2. The summed E-state index contributed by atoms with van der Waals surface area (Å²) in [4.78, 5) is 0. The van der Waals surface area contributed by atoms with Gasteiger partial charge < -0.3 is 0 Å². The number of hydrogen-bond acceptors (Lipinski definition) is 3. The molecule has 2 aromatic carbocycles. The van der Waals surface area contributed by atoms with Gasteiger partial charge in [0.2, 0.25) is 0 Å². The van der Waals surface area contributed by atoms with E-state index in [0.717, 1.165) is 0 Å². The van der Waals surface area contributed by atoms with Crippen molar-refractivity contribution in [3.8, 4) is 22.3 Å². The van der Waals surface area contributed by atoms with Crippen molar-refractivity contribution in [3.05, 3.63) is 68.2 Å². The molecule has 3 heterocycles. The largest absolute Gasteiger partial charge is 0.132 e. The average Bonchev–Trinajstić information content (AvgIpc) is 3.23. The summed E-state index contributed by atoms with van der Waals surface area (Å²) in [5.74, 6) is 0. The van der Waals surface area contributed by atoms with Crippen LogP contribution in [0.15, 0.2) is 68.2 Å². The SMILES string of the molecule is Brc1sc2c(sc3c(-c4ccccc4)c(Br)sc32)c1-c1ccccc1. The molecule has 0 amide bonds. The number of halogens is 2. The molecule has 0 atom stereocenters. The first-order valence-electron chi connectivity index (χ1n) is 7.67. The zero-order chi connectivity index (χ0) is 17.0. The smallest absolute Gasteiger partial charge is 0.0798 e. The van der Waals surface area contributed by atoms with Crippen molar-refractivity contribution in [2.75, 3.05) is 0 Å². The van der Waals surface area contributed by atoms with E-state index in [1.54, 1.807) is 0 Å². The third-order valence-corrected chi connectivity index (χ3v) is 9.55. The van der Waals surface area contributed by atoms with Crippen molar-refractivity contribution in [1.29, 1.82) is 0 Å². The summed E-state index contributed by atoms with van der Waals surface area (Å²) in [7, 11) is 0. The van der Waals surface area contributed by atoms with Crippen molar-refractivity contribution in [1.82, 2.24) is 0 Å². The van der Waals surface area contributed by atoms with Gasteiger partial charge in [-0.05, 0) is 43.0 Å². The van der Waals surface area contributed by atoms with Crippen LogP contribution in [-0.4, -0.2) is 0 Å². The predicted molar refractivity (Wildman–Crippen MR) is 121 cm³/mol. The van der Waals surface area contributed by atoms with E-state index in [0.29, 0.717) is 0 Å². The van der Waals surface area contributed by atoms with Crippen LogP contribution in [0.25, 0.3) is 41.1 Å². The quantitative estimate of drug-likeness (QED) is 0.224. The normalized spacial score (nSPS) is 11.6. The van der Waals surface area contributed by atoms with E-state index in [9.17, 15) is 0 Å². The van der Waals surface area contributed by atoms with E-state index in [-0.39, 0.29) is 0 Å². The van der Waals surface area contributed by atoms with Crippen LogP contribution < -0.4 is 0 Å². The highest BCUT2D eigenvalue weighted by atomic mass is 79.9. The molecule has 0 fully saturated rings. The van der Waals surface area contributed by atoms with E-state index < -0.39 is 0 Å². The van der Waals surface area contributed by atoms with Crippen molar-refractivity contribution in [3.63, 3.8) is 0 Å². The molecule has 3 aromatic heterocycles. The Bertz CT molecular complexity index is 1100. The number of benzene rings is 2. The summed E-state index contributed by atoms with van der Waals surface area (Å²) >= 11 is 13.2. The topological polar surface area (TPSA) is 0 Å². The summed E-state index contributed by atoms with van der Waals surface area (Å²) in [6.45, 7) is 0. The second kappa shape index (κ2) is 6.32. The molecule has 0 aliphatic heterocycles. The van der Waals surface area contributed by atoms with Crippen LogP contribution in [0.4, 0.5) is 0 Å².